The van der Waals surface area contributed by atoms with Crippen LogP contribution in [0.1, 0.15) is 26.3 Å². The van der Waals surface area contributed by atoms with E-state index in [0.29, 0.717) is 10.2 Å². The van der Waals surface area contributed by atoms with Crippen molar-refractivity contribution in [3.8, 4) is 5.75 Å². The summed E-state index contributed by atoms with van der Waals surface area (Å²) in [6.07, 6.45) is 0. The van der Waals surface area contributed by atoms with Crippen LogP contribution in [-0.2, 0) is 10.2 Å². The lowest BCUT2D eigenvalue weighted by atomic mass is 9.87. The average Bonchev–Trinajstić information content (AvgIpc) is 2.47. The van der Waals surface area contributed by atoms with Crippen LogP contribution in [0.4, 0.5) is 10.1 Å². The van der Waals surface area contributed by atoms with Gasteiger partial charge in [-0.05, 0) is 41.3 Å². The quantitative estimate of drug-likeness (QED) is 0.819. The fourth-order valence-corrected chi connectivity index (χ4v) is 2.31. The van der Waals surface area contributed by atoms with E-state index in [1.807, 2.05) is 24.3 Å². The van der Waals surface area contributed by atoms with Crippen molar-refractivity contribution in [1.82, 2.24) is 0 Å². The number of nitrogens with one attached hydrogen (secondary N) is 1. The fourth-order valence-electron chi connectivity index (χ4n) is 1.98. The van der Waals surface area contributed by atoms with Gasteiger partial charge in [0.2, 0.25) is 0 Å². The second-order valence-corrected chi connectivity index (χ2v) is 7.15. The lowest BCUT2D eigenvalue weighted by Crippen LogP contribution is -2.20. The number of halogens is 2. The molecule has 0 unspecified atom stereocenters. The zero-order valence-electron chi connectivity index (χ0n) is 13.3. The molecule has 0 radical (unpaired) electrons. The summed E-state index contributed by atoms with van der Waals surface area (Å²) in [7, 11) is 0. The van der Waals surface area contributed by atoms with E-state index >= 15 is 0 Å². The number of rotatable bonds is 4. The molecule has 0 atom stereocenters. The Kier molecular flexibility index (Phi) is 5.42. The number of hydrogen-bond donors (Lipinski definition) is 1. The molecule has 122 valence electrons. The van der Waals surface area contributed by atoms with Gasteiger partial charge in [0.25, 0.3) is 5.91 Å². The number of carbonyl (C=O) groups excluding carboxylic acids is 1. The SMILES string of the molecule is CC(C)(C)c1ccc(OCC(=O)Nc2ccc(Br)cc2F)cc1. The molecule has 0 heterocycles. The normalized spacial score (nSPS) is 11.2. The zero-order valence-corrected chi connectivity index (χ0v) is 14.9. The Morgan fingerprint density at radius 1 is 1.17 bits per heavy atom. The van der Waals surface area contributed by atoms with Gasteiger partial charge in [0, 0.05) is 4.47 Å². The highest BCUT2D eigenvalue weighted by molar-refractivity contribution is 9.10. The first kappa shape index (κ1) is 17.5. The van der Waals surface area contributed by atoms with Gasteiger partial charge >= 0.3 is 0 Å². The predicted octanol–water partition coefficient (Wildman–Crippen LogP) is 4.90. The molecule has 0 saturated carbocycles. The monoisotopic (exact) mass is 379 g/mol. The Labute approximate surface area is 144 Å². The molecule has 0 fully saturated rings. The summed E-state index contributed by atoms with van der Waals surface area (Å²) in [5, 5.41) is 2.48. The largest absolute Gasteiger partial charge is 0.484 e. The van der Waals surface area contributed by atoms with Crippen molar-refractivity contribution in [2.45, 2.75) is 26.2 Å². The Morgan fingerprint density at radius 3 is 2.39 bits per heavy atom. The molecular formula is C18H19BrFNO2. The van der Waals surface area contributed by atoms with E-state index in [-0.39, 0.29) is 17.7 Å². The third-order valence-electron chi connectivity index (χ3n) is 3.30. The molecule has 1 amide bonds. The standard InChI is InChI=1S/C18H19BrFNO2/c1-18(2,3)12-4-7-14(8-5-12)23-11-17(22)21-16-9-6-13(19)10-15(16)20/h4-10H,11H2,1-3H3,(H,21,22). The van der Waals surface area contributed by atoms with E-state index in [2.05, 4.69) is 42.0 Å². The molecule has 0 aliphatic heterocycles. The van der Waals surface area contributed by atoms with Gasteiger partial charge in [-0.15, -0.1) is 0 Å². The second kappa shape index (κ2) is 7.13. The number of carbonyl (C=O) groups is 1. The van der Waals surface area contributed by atoms with Gasteiger partial charge in [-0.2, -0.15) is 0 Å². The molecule has 0 aliphatic rings. The first-order chi connectivity index (χ1) is 10.8. The number of hydrogen-bond acceptors (Lipinski definition) is 2. The minimum absolute atomic E-state index is 0.0645. The van der Waals surface area contributed by atoms with Crippen LogP contribution in [0.15, 0.2) is 46.9 Å². The van der Waals surface area contributed by atoms with E-state index in [4.69, 9.17) is 4.74 Å². The van der Waals surface area contributed by atoms with Crippen molar-refractivity contribution in [3.05, 3.63) is 58.3 Å². The summed E-state index contributed by atoms with van der Waals surface area (Å²) < 4.78 is 19.7. The molecule has 2 aromatic carbocycles. The lowest BCUT2D eigenvalue weighted by Gasteiger charge is -2.19. The van der Waals surface area contributed by atoms with Crippen LogP contribution in [0.2, 0.25) is 0 Å². The minimum Gasteiger partial charge on any atom is -0.484 e. The van der Waals surface area contributed by atoms with Crippen molar-refractivity contribution in [2.24, 2.45) is 0 Å². The van der Waals surface area contributed by atoms with Gasteiger partial charge in [-0.25, -0.2) is 4.39 Å². The Balaban J connectivity index is 1.91. The van der Waals surface area contributed by atoms with E-state index < -0.39 is 11.7 Å². The summed E-state index contributed by atoms with van der Waals surface area (Å²) >= 11 is 3.17. The third kappa shape index (κ3) is 5.06. The first-order valence-electron chi connectivity index (χ1n) is 7.24. The molecule has 2 aromatic rings. The maximum absolute atomic E-state index is 13.6. The number of benzene rings is 2. The van der Waals surface area contributed by atoms with Crippen molar-refractivity contribution in [3.63, 3.8) is 0 Å². The number of amides is 1. The Bertz CT molecular complexity index is 693. The van der Waals surface area contributed by atoms with E-state index in [9.17, 15) is 9.18 Å². The molecule has 0 bridgehead atoms. The minimum atomic E-state index is -0.498. The number of ether oxygens (including phenoxy) is 1. The highest BCUT2D eigenvalue weighted by Crippen LogP contribution is 2.24. The van der Waals surface area contributed by atoms with Crippen molar-refractivity contribution < 1.29 is 13.9 Å². The van der Waals surface area contributed by atoms with Crippen LogP contribution < -0.4 is 10.1 Å². The van der Waals surface area contributed by atoms with E-state index in [1.165, 1.54) is 17.7 Å². The van der Waals surface area contributed by atoms with Gasteiger partial charge in [-0.1, -0.05) is 48.8 Å². The molecule has 3 nitrogen and oxygen atoms in total. The van der Waals surface area contributed by atoms with E-state index in [1.54, 1.807) is 6.07 Å². The molecule has 23 heavy (non-hydrogen) atoms. The topological polar surface area (TPSA) is 38.3 Å². The van der Waals surface area contributed by atoms with Crippen LogP contribution in [0, 0.1) is 5.82 Å². The maximum atomic E-state index is 13.6. The molecule has 0 saturated heterocycles. The van der Waals surface area contributed by atoms with Crippen LogP contribution in [-0.4, -0.2) is 12.5 Å². The molecule has 2 rings (SSSR count). The van der Waals surface area contributed by atoms with Crippen LogP contribution in [0.5, 0.6) is 5.75 Å². The molecule has 0 aliphatic carbocycles. The lowest BCUT2D eigenvalue weighted by molar-refractivity contribution is -0.118. The Morgan fingerprint density at radius 2 is 1.83 bits per heavy atom. The van der Waals surface area contributed by atoms with Crippen molar-refractivity contribution in [1.29, 1.82) is 0 Å². The van der Waals surface area contributed by atoms with Crippen LogP contribution in [0.25, 0.3) is 0 Å². The molecule has 1 N–H and O–H groups in total. The number of anilines is 1. The molecular weight excluding hydrogens is 361 g/mol. The summed E-state index contributed by atoms with van der Waals surface area (Å²) in [5.74, 6) is -0.308. The van der Waals surface area contributed by atoms with E-state index in [0.717, 1.165) is 0 Å². The first-order valence-corrected chi connectivity index (χ1v) is 8.03. The van der Waals surface area contributed by atoms with Gasteiger partial charge in [0.15, 0.2) is 6.61 Å². The second-order valence-electron chi connectivity index (χ2n) is 6.24. The van der Waals surface area contributed by atoms with Gasteiger partial charge < -0.3 is 10.1 Å². The highest BCUT2D eigenvalue weighted by atomic mass is 79.9. The fraction of sp³-hybridized carbons (Fsp3) is 0.278. The summed E-state index contributed by atoms with van der Waals surface area (Å²) in [6, 6.07) is 12.0. The third-order valence-corrected chi connectivity index (χ3v) is 3.79. The molecule has 5 heteroatoms. The van der Waals surface area contributed by atoms with Crippen molar-refractivity contribution >= 4 is 27.5 Å². The Hall–Kier alpha value is -1.88. The molecule has 0 aromatic heterocycles. The van der Waals surface area contributed by atoms with Crippen LogP contribution >= 0.6 is 15.9 Å². The smallest absolute Gasteiger partial charge is 0.262 e. The van der Waals surface area contributed by atoms with Gasteiger partial charge in [-0.3, -0.25) is 4.79 Å². The van der Waals surface area contributed by atoms with Crippen LogP contribution in [0.3, 0.4) is 0 Å². The summed E-state index contributed by atoms with van der Waals surface area (Å²) in [5.41, 5.74) is 1.38. The highest BCUT2D eigenvalue weighted by Gasteiger charge is 2.13. The zero-order chi connectivity index (χ0) is 17.0. The molecule has 0 spiro atoms. The average molecular weight is 380 g/mol. The summed E-state index contributed by atoms with van der Waals surface area (Å²) in [6.45, 7) is 6.21. The maximum Gasteiger partial charge on any atom is 0.262 e. The summed E-state index contributed by atoms with van der Waals surface area (Å²) in [4.78, 5) is 11.8. The van der Waals surface area contributed by atoms with Gasteiger partial charge in [0.1, 0.15) is 11.6 Å². The van der Waals surface area contributed by atoms with Crippen molar-refractivity contribution in [2.75, 3.05) is 11.9 Å². The predicted molar refractivity (Wildman–Crippen MR) is 93.4 cm³/mol. The van der Waals surface area contributed by atoms with Gasteiger partial charge in [0.05, 0.1) is 5.69 Å².